The van der Waals surface area contributed by atoms with E-state index in [1.807, 2.05) is 13.0 Å². The predicted octanol–water partition coefficient (Wildman–Crippen LogP) is 4.02. The van der Waals surface area contributed by atoms with E-state index < -0.39 is 0 Å². The van der Waals surface area contributed by atoms with Gasteiger partial charge in [-0.05, 0) is 49.2 Å². The Kier molecular flexibility index (Phi) is 3.35. The smallest absolute Gasteiger partial charge is 0.126 e. The molecule has 0 N–H and O–H groups in total. The number of benzene rings is 2. The highest BCUT2D eigenvalue weighted by Crippen LogP contribution is 2.34. The molecule has 2 heteroatoms. The maximum Gasteiger partial charge on any atom is 0.126 e. The van der Waals surface area contributed by atoms with Gasteiger partial charge in [-0.1, -0.05) is 35.9 Å². The number of fused-ring (bicyclic) bond motifs is 1. The fraction of sp³-hybridized carbons (Fsp3) is 0.333. The summed E-state index contributed by atoms with van der Waals surface area (Å²) in [7, 11) is 2.13. The van der Waals surface area contributed by atoms with Crippen molar-refractivity contribution in [2.24, 2.45) is 0 Å². The molecule has 0 fully saturated rings. The molecule has 0 radical (unpaired) electrons. The molecule has 0 saturated heterocycles. The van der Waals surface area contributed by atoms with Crippen molar-refractivity contribution >= 4 is 0 Å². The van der Waals surface area contributed by atoms with Crippen molar-refractivity contribution in [1.29, 1.82) is 0 Å². The van der Waals surface area contributed by atoms with E-state index in [9.17, 15) is 4.39 Å². The van der Waals surface area contributed by atoms with E-state index in [2.05, 4.69) is 43.1 Å². The molecule has 3 rings (SSSR count). The third kappa shape index (κ3) is 2.36. The van der Waals surface area contributed by atoms with E-state index in [4.69, 9.17) is 0 Å². The maximum absolute atomic E-state index is 13.9. The molecular weight excluding hydrogens is 249 g/mol. The van der Waals surface area contributed by atoms with Gasteiger partial charge in [-0.25, -0.2) is 4.39 Å². The molecule has 2 aromatic rings. The second-order valence-corrected chi connectivity index (χ2v) is 5.96. The monoisotopic (exact) mass is 269 g/mol. The first-order chi connectivity index (χ1) is 9.54. The average Bonchev–Trinajstić information content (AvgIpc) is 2.40. The largest absolute Gasteiger partial charge is 0.301 e. The Labute approximate surface area is 120 Å². The Bertz CT molecular complexity index is 648. The van der Waals surface area contributed by atoms with Gasteiger partial charge in [0.25, 0.3) is 0 Å². The van der Waals surface area contributed by atoms with Crippen LogP contribution < -0.4 is 0 Å². The number of hydrogen-bond donors (Lipinski definition) is 0. The van der Waals surface area contributed by atoms with Gasteiger partial charge in [0.2, 0.25) is 0 Å². The third-order valence-electron chi connectivity index (χ3n) is 4.21. The molecule has 0 spiro atoms. The molecule has 1 heterocycles. The zero-order chi connectivity index (χ0) is 14.3. The van der Waals surface area contributed by atoms with Crippen molar-refractivity contribution in [2.75, 3.05) is 13.6 Å². The van der Waals surface area contributed by atoms with Crippen LogP contribution in [-0.4, -0.2) is 18.5 Å². The standard InChI is InChI=1S/C18H20FN/c1-12-4-7-16-15(8-12)10-20(3)11-17(16)14-6-5-13(2)18(19)9-14/h4-9,17H,10-11H2,1-3H3. The van der Waals surface area contributed by atoms with E-state index in [0.717, 1.165) is 18.7 Å². The number of halogens is 1. The van der Waals surface area contributed by atoms with Crippen LogP contribution in [0.5, 0.6) is 0 Å². The number of nitrogens with zero attached hydrogens (tertiary/aromatic N) is 1. The highest BCUT2D eigenvalue weighted by molar-refractivity contribution is 5.42. The molecule has 2 aromatic carbocycles. The number of hydrogen-bond acceptors (Lipinski definition) is 1. The molecule has 0 aliphatic carbocycles. The van der Waals surface area contributed by atoms with Gasteiger partial charge < -0.3 is 4.90 Å². The topological polar surface area (TPSA) is 3.24 Å². The lowest BCUT2D eigenvalue weighted by molar-refractivity contribution is 0.295. The first-order valence-corrected chi connectivity index (χ1v) is 7.08. The number of rotatable bonds is 1. The fourth-order valence-electron chi connectivity index (χ4n) is 3.09. The van der Waals surface area contributed by atoms with Crippen molar-refractivity contribution in [3.63, 3.8) is 0 Å². The molecule has 0 saturated carbocycles. The molecule has 1 aliphatic heterocycles. The van der Waals surface area contributed by atoms with Crippen molar-refractivity contribution in [3.05, 3.63) is 70.0 Å². The summed E-state index contributed by atoms with van der Waals surface area (Å²) in [4.78, 5) is 2.31. The third-order valence-corrected chi connectivity index (χ3v) is 4.21. The maximum atomic E-state index is 13.9. The zero-order valence-electron chi connectivity index (χ0n) is 12.3. The van der Waals surface area contributed by atoms with Gasteiger partial charge in [-0.15, -0.1) is 0 Å². The first-order valence-electron chi connectivity index (χ1n) is 7.08. The Hall–Kier alpha value is -1.67. The van der Waals surface area contributed by atoms with Gasteiger partial charge in [-0.2, -0.15) is 0 Å². The van der Waals surface area contributed by atoms with Crippen LogP contribution in [0.1, 0.15) is 33.7 Å². The van der Waals surface area contributed by atoms with Gasteiger partial charge in [-0.3, -0.25) is 0 Å². The van der Waals surface area contributed by atoms with Gasteiger partial charge >= 0.3 is 0 Å². The van der Waals surface area contributed by atoms with Gasteiger partial charge in [0.15, 0.2) is 0 Å². The molecular formula is C18H20FN. The van der Waals surface area contributed by atoms with Gasteiger partial charge in [0.1, 0.15) is 5.82 Å². The number of aryl methyl sites for hydroxylation is 2. The Balaban J connectivity index is 2.08. The highest BCUT2D eigenvalue weighted by Gasteiger charge is 2.25. The Morgan fingerprint density at radius 1 is 1.10 bits per heavy atom. The Morgan fingerprint density at radius 2 is 1.90 bits per heavy atom. The van der Waals surface area contributed by atoms with Crippen LogP contribution in [-0.2, 0) is 6.54 Å². The minimum atomic E-state index is -0.107. The van der Waals surface area contributed by atoms with Gasteiger partial charge in [0, 0.05) is 19.0 Å². The van der Waals surface area contributed by atoms with Crippen LogP contribution in [0.25, 0.3) is 0 Å². The lowest BCUT2D eigenvalue weighted by Gasteiger charge is -2.33. The lowest BCUT2D eigenvalue weighted by Crippen LogP contribution is -2.31. The van der Waals surface area contributed by atoms with E-state index >= 15 is 0 Å². The van der Waals surface area contributed by atoms with E-state index in [1.165, 1.54) is 16.7 Å². The van der Waals surface area contributed by atoms with Crippen molar-refractivity contribution < 1.29 is 4.39 Å². The van der Waals surface area contributed by atoms with Crippen LogP contribution in [0, 0.1) is 19.7 Å². The molecule has 0 amide bonds. The molecule has 20 heavy (non-hydrogen) atoms. The predicted molar refractivity (Wildman–Crippen MR) is 80.5 cm³/mol. The van der Waals surface area contributed by atoms with E-state index in [0.29, 0.717) is 5.56 Å². The van der Waals surface area contributed by atoms with Crippen LogP contribution in [0.2, 0.25) is 0 Å². The first kappa shape index (κ1) is 13.3. The normalized spacial score (nSPS) is 18.9. The summed E-state index contributed by atoms with van der Waals surface area (Å²) in [5.41, 5.74) is 5.78. The summed E-state index contributed by atoms with van der Waals surface area (Å²) < 4.78 is 13.9. The summed E-state index contributed by atoms with van der Waals surface area (Å²) in [6.45, 7) is 5.85. The van der Waals surface area contributed by atoms with E-state index in [1.54, 1.807) is 6.07 Å². The van der Waals surface area contributed by atoms with Crippen LogP contribution in [0.15, 0.2) is 36.4 Å². The van der Waals surface area contributed by atoms with Crippen LogP contribution in [0.4, 0.5) is 4.39 Å². The molecule has 104 valence electrons. The Morgan fingerprint density at radius 3 is 2.65 bits per heavy atom. The van der Waals surface area contributed by atoms with Crippen LogP contribution >= 0.6 is 0 Å². The molecule has 1 unspecified atom stereocenters. The summed E-state index contributed by atoms with van der Waals surface area (Å²) in [6.07, 6.45) is 0. The van der Waals surface area contributed by atoms with Crippen molar-refractivity contribution in [3.8, 4) is 0 Å². The second kappa shape index (κ2) is 5.02. The zero-order valence-corrected chi connectivity index (χ0v) is 12.3. The number of likely N-dealkylation sites (N-methyl/N-ethyl adjacent to an activating group) is 1. The summed E-state index contributed by atoms with van der Waals surface area (Å²) in [6, 6.07) is 12.3. The van der Waals surface area contributed by atoms with E-state index in [-0.39, 0.29) is 11.7 Å². The quantitative estimate of drug-likeness (QED) is 0.756. The summed E-state index contributed by atoms with van der Waals surface area (Å²) in [5, 5.41) is 0. The van der Waals surface area contributed by atoms with Gasteiger partial charge in [0.05, 0.1) is 0 Å². The summed E-state index contributed by atoms with van der Waals surface area (Å²) in [5.74, 6) is 0.156. The molecule has 1 atom stereocenters. The van der Waals surface area contributed by atoms with Crippen LogP contribution in [0.3, 0.4) is 0 Å². The lowest BCUT2D eigenvalue weighted by atomic mass is 9.84. The highest BCUT2D eigenvalue weighted by atomic mass is 19.1. The molecule has 0 aromatic heterocycles. The fourth-order valence-corrected chi connectivity index (χ4v) is 3.09. The second-order valence-electron chi connectivity index (χ2n) is 5.96. The molecule has 1 aliphatic rings. The average molecular weight is 269 g/mol. The molecule has 1 nitrogen and oxygen atoms in total. The minimum absolute atomic E-state index is 0.107. The minimum Gasteiger partial charge on any atom is -0.301 e. The summed E-state index contributed by atoms with van der Waals surface area (Å²) >= 11 is 0. The van der Waals surface area contributed by atoms with Crippen molar-refractivity contribution in [1.82, 2.24) is 4.90 Å². The SMILES string of the molecule is Cc1ccc2c(c1)CN(C)CC2c1ccc(C)c(F)c1. The van der Waals surface area contributed by atoms with Crippen molar-refractivity contribution in [2.45, 2.75) is 26.3 Å². The molecule has 0 bridgehead atoms.